The molecular formula is C12H21N. The summed E-state index contributed by atoms with van der Waals surface area (Å²) in [4.78, 5) is 2.74. The van der Waals surface area contributed by atoms with Crippen molar-refractivity contribution in [1.29, 1.82) is 0 Å². The molecule has 0 aromatic rings. The Hall–Kier alpha value is -0.0400. The highest BCUT2D eigenvalue weighted by atomic mass is 15.2. The highest BCUT2D eigenvalue weighted by molar-refractivity contribution is 5.06. The maximum Gasteiger partial charge on any atom is 0.0124 e. The van der Waals surface area contributed by atoms with Gasteiger partial charge in [-0.1, -0.05) is 13.3 Å². The van der Waals surface area contributed by atoms with E-state index in [0.29, 0.717) is 5.41 Å². The fourth-order valence-corrected chi connectivity index (χ4v) is 4.37. The summed E-state index contributed by atoms with van der Waals surface area (Å²) in [5.41, 5.74) is 0.680. The van der Waals surface area contributed by atoms with Gasteiger partial charge in [-0.05, 0) is 50.0 Å². The van der Waals surface area contributed by atoms with Crippen molar-refractivity contribution in [2.75, 3.05) is 13.1 Å². The Kier molecular flexibility index (Phi) is 1.59. The SMILES string of the molecule is C[C@@H]1N2CC[C@@]1(C)C1CCCC1C2. The van der Waals surface area contributed by atoms with Crippen LogP contribution in [0.4, 0.5) is 0 Å². The zero-order valence-electron chi connectivity index (χ0n) is 8.92. The molecule has 2 bridgehead atoms. The molecular weight excluding hydrogens is 158 g/mol. The summed E-state index contributed by atoms with van der Waals surface area (Å²) in [6, 6.07) is 0.867. The van der Waals surface area contributed by atoms with Gasteiger partial charge in [-0.3, -0.25) is 4.90 Å². The number of hydrogen-bond acceptors (Lipinski definition) is 1. The van der Waals surface area contributed by atoms with Crippen molar-refractivity contribution in [2.45, 2.75) is 45.6 Å². The van der Waals surface area contributed by atoms with E-state index in [1.807, 2.05) is 0 Å². The molecule has 3 unspecified atom stereocenters. The van der Waals surface area contributed by atoms with E-state index in [4.69, 9.17) is 0 Å². The third-order valence-electron chi connectivity index (χ3n) is 5.41. The first-order valence-electron chi connectivity index (χ1n) is 5.96. The molecule has 1 nitrogen and oxygen atoms in total. The lowest BCUT2D eigenvalue weighted by Crippen LogP contribution is -2.49. The molecule has 5 atom stereocenters. The number of nitrogens with zero attached hydrogens (tertiary/aromatic N) is 1. The molecule has 0 aromatic heterocycles. The summed E-state index contributed by atoms with van der Waals surface area (Å²) in [6.07, 6.45) is 6.02. The highest BCUT2D eigenvalue weighted by Gasteiger charge is 2.54. The maximum atomic E-state index is 2.74. The van der Waals surface area contributed by atoms with Gasteiger partial charge in [0.25, 0.3) is 0 Å². The minimum Gasteiger partial charge on any atom is -0.300 e. The smallest absolute Gasteiger partial charge is 0.0124 e. The normalized spacial score (nSPS) is 59.5. The van der Waals surface area contributed by atoms with Crippen LogP contribution in [0.3, 0.4) is 0 Å². The fourth-order valence-electron chi connectivity index (χ4n) is 4.37. The van der Waals surface area contributed by atoms with E-state index in [9.17, 15) is 0 Å². The van der Waals surface area contributed by atoms with E-state index in [-0.39, 0.29) is 0 Å². The van der Waals surface area contributed by atoms with Crippen molar-refractivity contribution >= 4 is 0 Å². The Morgan fingerprint density at radius 1 is 1.31 bits per heavy atom. The van der Waals surface area contributed by atoms with Crippen LogP contribution in [0.2, 0.25) is 0 Å². The summed E-state index contributed by atoms with van der Waals surface area (Å²) in [6.45, 7) is 7.81. The third-order valence-corrected chi connectivity index (χ3v) is 5.41. The zero-order valence-corrected chi connectivity index (χ0v) is 8.92. The molecule has 3 aliphatic rings. The van der Waals surface area contributed by atoms with Gasteiger partial charge >= 0.3 is 0 Å². The quantitative estimate of drug-likeness (QED) is 0.552. The van der Waals surface area contributed by atoms with Gasteiger partial charge in [-0.25, -0.2) is 0 Å². The minimum atomic E-state index is 0.680. The van der Waals surface area contributed by atoms with Gasteiger partial charge in [-0.2, -0.15) is 0 Å². The molecule has 1 aliphatic carbocycles. The van der Waals surface area contributed by atoms with Gasteiger partial charge in [0.1, 0.15) is 0 Å². The molecule has 1 heteroatoms. The monoisotopic (exact) mass is 179 g/mol. The van der Waals surface area contributed by atoms with Crippen LogP contribution in [0.25, 0.3) is 0 Å². The van der Waals surface area contributed by atoms with Crippen molar-refractivity contribution in [3.63, 3.8) is 0 Å². The van der Waals surface area contributed by atoms with Gasteiger partial charge in [0, 0.05) is 12.6 Å². The molecule has 0 radical (unpaired) electrons. The van der Waals surface area contributed by atoms with E-state index >= 15 is 0 Å². The van der Waals surface area contributed by atoms with E-state index < -0.39 is 0 Å². The predicted octanol–water partition coefficient (Wildman–Crippen LogP) is 2.52. The molecule has 2 saturated heterocycles. The van der Waals surface area contributed by atoms with Crippen LogP contribution >= 0.6 is 0 Å². The van der Waals surface area contributed by atoms with Gasteiger partial charge < -0.3 is 0 Å². The molecule has 0 aromatic carbocycles. The lowest BCUT2D eigenvalue weighted by molar-refractivity contribution is 0.0255. The maximum absolute atomic E-state index is 2.74. The topological polar surface area (TPSA) is 3.24 Å². The minimum absolute atomic E-state index is 0.680. The Balaban J connectivity index is 1.96. The van der Waals surface area contributed by atoms with Crippen LogP contribution in [-0.2, 0) is 0 Å². The van der Waals surface area contributed by atoms with E-state index in [2.05, 4.69) is 18.7 Å². The van der Waals surface area contributed by atoms with E-state index in [0.717, 1.165) is 17.9 Å². The summed E-state index contributed by atoms with van der Waals surface area (Å²) in [5.74, 6) is 2.13. The van der Waals surface area contributed by atoms with Crippen LogP contribution in [-0.4, -0.2) is 24.0 Å². The van der Waals surface area contributed by atoms with Crippen LogP contribution < -0.4 is 0 Å². The molecule has 3 rings (SSSR count). The van der Waals surface area contributed by atoms with Crippen molar-refractivity contribution in [3.05, 3.63) is 0 Å². The van der Waals surface area contributed by atoms with Crippen molar-refractivity contribution in [1.82, 2.24) is 4.90 Å². The Labute approximate surface area is 81.5 Å². The molecule has 13 heavy (non-hydrogen) atoms. The van der Waals surface area contributed by atoms with Gasteiger partial charge in [0.15, 0.2) is 0 Å². The van der Waals surface area contributed by atoms with Crippen LogP contribution in [0, 0.1) is 17.3 Å². The average Bonchev–Trinajstić information content (AvgIpc) is 2.64. The number of rotatable bonds is 0. The van der Waals surface area contributed by atoms with E-state index in [1.54, 1.807) is 0 Å². The molecule has 0 spiro atoms. The number of hydrogen-bond donors (Lipinski definition) is 0. The zero-order chi connectivity index (χ0) is 9.05. The van der Waals surface area contributed by atoms with Crippen LogP contribution in [0.5, 0.6) is 0 Å². The molecule has 3 fully saturated rings. The Morgan fingerprint density at radius 2 is 2.15 bits per heavy atom. The van der Waals surface area contributed by atoms with Crippen molar-refractivity contribution in [2.24, 2.45) is 17.3 Å². The second kappa shape index (κ2) is 2.50. The van der Waals surface area contributed by atoms with Crippen molar-refractivity contribution in [3.8, 4) is 0 Å². The van der Waals surface area contributed by atoms with Gasteiger partial charge in [0.05, 0.1) is 0 Å². The largest absolute Gasteiger partial charge is 0.300 e. The Morgan fingerprint density at radius 3 is 3.00 bits per heavy atom. The highest BCUT2D eigenvalue weighted by Crippen LogP contribution is 2.55. The van der Waals surface area contributed by atoms with Crippen LogP contribution in [0.15, 0.2) is 0 Å². The second-order valence-corrected chi connectivity index (χ2v) is 5.72. The first-order valence-corrected chi connectivity index (χ1v) is 5.96. The third kappa shape index (κ3) is 0.918. The lowest BCUT2D eigenvalue weighted by Gasteiger charge is -2.46. The van der Waals surface area contributed by atoms with Crippen LogP contribution in [0.1, 0.15) is 39.5 Å². The van der Waals surface area contributed by atoms with E-state index in [1.165, 1.54) is 38.8 Å². The number of piperidine rings is 1. The standard InChI is InChI=1S/C12H21N/c1-9-12(2)6-7-13(9)8-10-4-3-5-11(10)12/h9-11H,3-8H2,1-2H3/t9-,10?,11?,12+/m0/s1. The first-order chi connectivity index (χ1) is 6.22. The summed E-state index contributed by atoms with van der Waals surface area (Å²) >= 11 is 0. The molecule has 1 saturated carbocycles. The summed E-state index contributed by atoms with van der Waals surface area (Å²) in [7, 11) is 0. The number of fused-ring (bicyclic) bond motifs is 4. The summed E-state index contributed by atoms with van der Waals surface area (Å²) in [5, 5.41) is 0. The molecule has 2 heterocycles. The lowest BCUT2D eigenvalue weighted by atomic mass is 9.66. The molecule has 74 valence electrons. The Bertz CT molecular complexity index is 225. The van der Waals surface area contributed by atoms with Gasteiger partial charge in [-0.15, -0.1) is 0 Å². The predicted molar refractivity (Wildman–Crippen MR) is 54.6 cm³/mol. The second-order valence-electron chi connectivity index (χ2n) is 5.72. The van der Waals surface area contributed by atoms with Crippen molar-refractivity contribution < 1.29 is 0 Å². The van der Waals surface area contributed by atoms with Gasteiger partial charge in [0.2, 0.25) is 0 Å². The molecule has 0 amide bonds. The molecule has 0 N–H and O–H groups in total. The first kappa shape index (κ1) is 8.28. The fraction of sp³-hybridized carbons (Fsp3) is 1.00. The summed E-state index contributed by atoms with van der Waals surface area (Å²) < 4.78 is 0. The molecule has 2 aliphatic heterocycles. The average molecular weight is 179 g/mol.